The molecule has 3 aromatic rings. The summed E-state index contributed by atoms with van der Waals surface area (Å²) in [5.74, 6) is 0.503. The van der Waals surface area contributed by atoms with Crippen LogP contribution in [0, 0.1) is 6.92 Å². The molecule has 0 aliphatic heterocycles. The molecule has 0 radical (unpaired) electrons. The molecule has 0 bridgehead atoms. The zero-order valence-electron chi connectivity index (χ0n) is 15.9. The molecule has 0 aliphatic rings. The standard InChI is InChI=1S/C22H24N4O/c1-15(2)18-6-4-5-7-19(18)25-21(27)20-12-13-23-22(26-20)24-14-17-10-8-16(3)9-11-17/h4-13,15H,14H2,1-3H3,(H,25,27)(H,23,24,26). The summed E-state index contributed by atoms with van der Waals surface area (Å²) in [4.78, 5) is 21.2. The van der Waals surface area contributed by atoms with Gasteiger partial charge in [-0.1, -0.05) is 61.9 Å². The third-order valence-corrected chi connectivity index (χ3v) is 4.29. The van der Waals surface area contributed by atoms with Gasteiger partial charge < -0.3 is 10.6 Å². The van der Waals surface area contributed by atoms with Crippen LogP contribution in [-0.2, 0) is 6.54 Å². The Bertz CT molecular complexity index is 920. The molecule has 0 saturated heterocycles. The first-order valence-corrected chi connectivity index (χ1v) is 9.05. The van der Waals surface area contributed by atoms with Crippen molar-refractivity contribution in [2.24, 2.45) is 0 Å². The van der Waals surface area contributed by atoms with E-state index in [-0.39, 0.29) is 5.91 Å². The largest absolute Gasteiger partial charge is 0.350 e. The Balaban J connectivity index is 1.69. The number of amides is 1. The molecule has 0 spiro atoms. The van der Waals surface area contributed by atoms with E-state index >= 15 is 0 Å². The molecule has 1 heterocycles. The number of nitrogens with zero attached hydrogens (tertiary/aromatic N) is 2. The lowest BCUT2D eigenvalue weighted by Crippen LogP contribution is -2.16. The van der Waals surface area contributed by atoms with Crippen LogP contribution in [0.5, 0.6) is 0 Å². The van der Waals surface area contributed by atoms with Crippen molar-refractivity contribution in [3.63, 3.8) is 0 Å². The number of aryl methyl sites for hydroxylation is 1. The van der Waals surface area contributed by atoms with Crippen LogP contribution in [-0.4, -0.2) is 15.9 Å². The smallest absolute Gasteiger partial charge is 0.274 e. The van der Waals surface area contributed by atoms with Crippen LogP contribution >= 0.6 is 0 Å². The van der Waals surface area contributed by atoms with Crippen LogP contribution in [0.4, 0.5) is 11.6 Å². The van der Waals surface area contributed by atoms with E-state index in [1.807, 2.05) is 24.3 Å². The highest BCUT2D eigenvalue weighted by atomic mass is 16.1. The van der Waals surface area contributed by atoms with Gasteiger partial charge in [-0.3, -0.25) is 4.79 Å². The monoisotopic (exact) mass is 360 g/mol. The number of carbonyl (C=O) groups is 1. The summed E-state index contributed by atoms with van der Waals surface area (Å²) in [5, 5.41) is 6.13. The summed E-state index contributed by atoms with van der Waals surface area (Å²) < 4.78 is 0. The van der Waals surface area contributed by atoms with Crippen LogP contribution in [0.1, 0.15) is 46.9 Å². The molecule has 27 heavy (non-hydrogen) atoms. The Morgan fingerprint density at radius 1 is 1.04 bits per heavy atom. The predicted octanol–water partition coefficient (Wildman–Crippen LogP) is 4.77. The zero-order chi connectivity index (χ0) is 19.2. The molecule has 5 nitrogen and oxygen atoms in total. The number of nitrogens with one attached hydrogen (secondary N) is 2. The van der Waals surface area contributed by atoms with E-state index < -0.39 is 0 Å². The minimum Gasteiger partial charge on any atom is -0.350 e. The quantitative estimate of drug-likeness (QED) is 0.664. The first-order chi connectivity index (χ1) is 13.0. The number of hydrogen-bond acceptors (Lipinski definition) is 4. The fraction of sp³-hybridized carbons (Fsp3) is 0.227. The lowest BCUT2D eigenvalue weighted by molar-refractivity contribution is 0.102. The molecule has 0 unspecified atom stereocenters. The van der Waals surface area contributed by atoms with E-state index in [1.165, 1.54) is 5.56 Å². The summed E-state index contributed by atoms with van der Waals surface area (Å²) in [5.41, 5.74) is 4.58. The molecule has 2 N–H and O–H groups in total. The van der Waals surface area contributed by atoms with Gasteiger partial charge in [-0.15, -0.1) is 0 Å². The third kappa shape index (κ3) is 4.91. The first kappa shape index (κ1) is 18.6. The fourth-order valence-corrected chi connectivity index (χ4v) is 2.76. The number of benzene rings is 2. The Morgan fingerprint density at radius 2 is 1.78 bits per heavy atom. The van der Waals surface area contributed by atoms with Gasteiger partial charge in [-0.2, -0.15) is 0 Å². The van der Waals surface area contributed by atoms with Gasteiger partial charge in [0.1, 0.15) is 5.69 Å². The van der Waals surface area contributed by atoms with Gasteiger partial charge in [0.15, 0.2) is 0 Å². The number of hydrogen-bond donors (Lipinski definition) is 2. The predicted molar refractivity (Wildman–Crippen MR) is 109 cm³/mol. The van der Waals surface area contributed by atoms with E-state index in [0.29, 0.717) is 24.1 Å². The van der Waals surface area contributed by atoms with Crippen molar-refractivity contribution in [2.75, 3.05) is 10.6 Å². The minimum atomic E-state index is -0.246. The molecular weight excluding hydrogens is 336 g/mol. The highest BCUT2D eigenvalue weighted by molar-refractivity contribution is 6.03. The van der Waals surface area contributed by atoms with E-state index in [0.717, 1.165) is 16.8 Å². The Hall–Kier alpha value is -3.21. The topological polar surface area (TPSA) is 66.9 Å². The second-order valence-corrected chi connectivity index (χ2v) is 6.80. The molecule has 0 atom stereocenters. The summed E-state index contributed by atoms with van der Waals surface area (Å²) >= 11 is 0. The van der Waals surface area contributed by atoms with Crippen LogP contribution < -0.4 is 10.6 Å². The van der Waals surface area contributed by atoms with Crippen molar-refractivity contribution < 1.29 is 4.79 Å². The SMILES string of the molecule is Cc1ccc(CNc2nccc(C(=O)Nc3ccccc3C(C)C)n2)cc1. The van der Waals surface area contributed by atoms with Gasteiger partial charge in [0, 0.05) is 18.4 Å². The maximum absolute atomic E-state index is 12.6. The summed E-state index contributed by atoms with van der Waals surface area (Å²) in [6, 6.07) is 17.7. The first-order valence-electron chi connectivity index (χ1n) is 9.05. The number of para-hydroxylation sites is 1. The van der Waals surface area contributed by atoms with Gasteiger partial charge >= 0.3 is 0 Å². The molecule has 1 amide bonds. The van der Waals surface area contributed by atoms with E-state index in [1.54, 1.807) is 12.3 Å². The lowest BCUT2D eigenvalue weighted by atomic mass is 10.0. The fourth-order valence-electron chi connectivity index (χ4n) is 2.76. The van der Waals surface area contributed by atoms with Crippen molar-refractivity contribution >= 4 is 17.5 Å². The zero-order valence-corrected chi connectivity index (χ0v) is 15.9. The van der Waals surface area contributed by atoms with Crippen LogP contribution in [0.2, 0.25) is 0 Å². The van der Waals surface area contributed by atoms with Crippen molar-refractivity contribution in [3.05, 3.63) is 83.2 Å². The maximum Gasteiger partial charge on any atom is 0.274 e. The van der Waals surface area contributed by atoms with Gasteiger partial charge in [0.2, 0.25) is 5.95 Å². The molecule has 0 aliphatic carbocycles. The summed E-state index contributed by atoms with van der Waals surface area (Å²) in [6.07, 6.45) is 1.59. The van der Waals surface area contributed by atoms with Crippen molar-refractivity contribution in [1.82, 2.24) is 9.97 Å². The molecule has 5 heteroatoms. The van der Waals surface area contributed by atoms with E-state index in [4.69, 9.17) is 0 Å². The molecule has 0 fully saturated rings. The minimum absolute atomic E-state index is 0.246. The Kier molecular flexibility index (Phi) is 5.81. The molecule has 3 rings (SSSR count). The number of aromatic nitrogens is 2. The second-order valence-electron chi connectivity index (χ2n) is 6.80. The van der Waals surface area contributed by atoms with Gasteiger partial charge in [0.05, 0.1) is 0 Å². The van der Waals surface area contributed by atoms with Gasteiger partial charge in [-0.25, -0.2) is 9.97 Å². The van der Waals surface area contributed by atoms with Crippen LogP contribution in [0.3, 0.4) is 0 Å². The van der Waals surface area contributed by atoms with E-state index in [9.17, 15) is 4.79 Å². The molecule has 138 valence electrons. The van der Waals surface area contributed by atoms with Crippen LogP contribution in [0.25, 0.3) is 0 Å². The summed E-state index contributed by atoms with van der Waals surface area (Å²) in [7, 11) is 0. The number of anilines is 2. The number of carbonyl (C=O) groups excluding carboxylic acids is 1. The second kappa shape index (κ2) is 8.45. The molecular formula is C22H24N4O. The molecule has 2 aromatic carbocycles. The van der Waals surface area contributed by atoms with Crippen LogP contribution in [0.15, 0.2) is 60.8 Å². The average molecular weight is 360 g/mol. The summed E-state index contributed by atoms with van der Waals surface area (Å²) in [6.45, 7) is 6.85. The third-order valence-electron chi connectivity index (χ3n) is 4.29. The Labute approximate surface area is 159 Å². The highest BCUT2D eigenvalue weighted by Crippen LogP contribution is 2.24. The average Bonchev–Trinajstić information content (AvgIpc) is 2.68. The number of rotatable bonds is 6. The molecule has 0 saturated carbocycles. The lowest BCUT2D eigenvalue weighted by Gasteiger charge is -2.13. The van der Waals surface area contributed by atoms with Crippen molar-refractivity contribution in [3.8, 4) is 0 Å². The van der Waals surface area contributed by atoms with Crippen molar-refractivity contribution in [1.29, 1.82) is 0 Å². The Morgan fingerprint density at radius 3 is 2.52 bits per heavy atom. The maximum atomic E-state index is 12.6. The molecule has 1 aromatic heterocycles. The van der Waals surface area contributed by atoms with Crippen molar-refractivity contribution in [2.45, 2.75) is 33.2 Å². The van der Waals surface area contributed by atoms with Gasteiger partial charge in [0.25, 0.3) is 5.91 Å². The van der Waals surface area contributed by atoms with Gasteiger partial charge in [-0.05, 0) is 36.1 Å². The highest BCUT2D eigenvalue weighted by Gasteiger charge is 2.12. The van der Waals surface area contributed by atoms with E-state index in [2.05, 4.69) is 65.6 Å². The normalized spacial score (nSPS) is 10.7.